The number of benzene rings is 1. The predicted octanol–water partition coefficient (Wildman–Crippen LogP) is 1.73. The zero-order valence-corrected chi connectivity index (χ0v) is 15.2. The van der Waals surface area contributed by atoms with Gasteiger partial charge in [0.25, 0.3) is 0 Å². The SMILES string of the molecule is COc1ccccc1C1CCN(CCC(=O)N2CCNCC2)C1.Cl. The molecule has 1 aromatic carbocycles. The smallest absolute Gasteiger partial charge is 0.223 e. The minimum Gasteiger partial charge on any atom is -0.496 e. The molecule has 2 aliphatic heterocycles. The molecule has 0 aromatic heterocycles. The van der Waals surface area contributed by atoms with Crippen molar-refractivity contribution in [2.24, 2.45) is 0 Å². The van der Waals surface area contributed by atoms with Crippen molar-refractivity contribution >= 4 is 18.3 Å². The summed E-state index contributed by atoms with van der Waals surface area (Å²) >= 11 is 0. The van der Waals surface area contributed by atoms with E-state index >= 15 is 0 Å². The van der Waals surface area contributed by atoms with Gasteiger partial charge in [-0.1, -0.05) is 18.2 Å². The highest BCUT2D eigenvalue weighted by atomic mass is 35.5. The number of hydrogen-bond acceptors (Lipinski definition) is 4. The number of nitrogens with one attached hydrogen (secondary N) is 1. The third-order valence-corrected chi connectivity index (χ3v) is 4.96. The van der Waals surface area contributed by atoms with E-state index in [4.69, 9.17) is 4.74 Å². The number of piperazine rings is 1. The van der Waals surface area contributed by atoms with Crippen LogP contribution in [0.15, 0.2) is 24.3 Å². The topological polar surface area (TPSA) is 44.8 Å². The number of rotatable bonds is 5. The monoisotopic (exact) mass is 353 g/mol. The van der Waals surface area contributed by atoms with Gasteiger partial charge in [0.1, 0.15) is 5.75 Å². The van der Waals surface area contributed by atoms with E-state index in [0.29, 0.717) is 18.2 Å². The summed E-state index contributed by atoms with van der Waals surface area (Å²) in [5.41, 5.74) is 1.30. The van der Waals surface area contributed by atoms with Crippen LogP contribution in [0.25, 0.3) is 0 Å². The first-order chi connectivity index (χ1) is 11.3. The summed E-state index contributed by atoms with van der Waals surface area (Å²) in [6.07, 6.45) is 1.78. The lowest BCUT2D eigenvalue weighted by Gasteiger charge is -2.28. The molecule has 2 saturated heterocycles. The molecule has 0 bridgehead atoms. The molecule has 24 heavy (non-hydrogen) atoms. The molecule has 0 aliphatic carbocycles. The van der Waals surface area contributed by atoms with Crippen LogP contribution in [0.4, 0.5) is 0 Å². The second-order valence-electron chi connectivity index (χ2n) is 6.41. The van der Waals surface area contributed by atoms with Crippen LogP contribution in [0.3, 0.4) is 0 Å². The Bertz CT molecular complexity index is 535. The summed E-state index contributed by atoms with van der Waals surface area (Å²) in [6, 6.07) is 8.29. The van der Waals surface area contributed by atoms with Gasteiger partial charge in [-0.05, 0) is 24.6 Å². The Morgan fingerprint density at radius 3 is 2.75 bits per heavy atom. The first kappa shape index (κ1) is 19.0. The summed E-state index contributed by atoms with van der Waals surface area (Å²) in [7, 11) is 1.73. The number of ether oxygens (including phenoxy) is 1. The molecule has 1 amide bonds. The van der Waals surface area contributed by atoms with Crippen LogP contribution < -0.4 is 10.1 Å². The molecule has 2 fully saturated rings. The number of methoxy groups -OCH3 is 1. The fraction of sp³-hybridized carbons (Fsp3) is 0.611. The second kappa shape index (κ2) is 9.25. The lowest BCUT2D eigenvalue weighted by atomic mass is 9.97. The third-order valence-electron chi connectivity index (χ3n) is 4.96. The van der Waals surface area contributed by atoms with E-state index in [1.807, 2.05) is 17.0 Å². The van der Waals surface area contributed by atoms with Crippen LogP contribution >= 0.6 is 12.4 Å². The number of para-hydroxylation sites is 1. The molecule has 2 aliphatic rings. The number of carbonyl (C=O) groups excluding carboxylic acids is 1. The molecule has 1 N–H and O–H groups in total. The maximum Gasteiger partial charge on any atom is 0.223 e. The van der Waals surface area contributed by atoms with E-state index in [2.05, 4.69) is 22.3 Å². The number of nitrogens with zero attached hydrogens (tertiary/aromatic N) is 2. The van der Waals surface area contributed by atoms with Crippen molar-refractivity contribution < 1.29 is 9.53 Å². The number of hydrogen-bond donors (Lipinski definition) is 1. The lowest BCUT2D eigenvalue weighted by molar-refractivity contribution is -0.132. The van der Waals surface area contributed by atoms with Crippen LogP contribution in [-0.2, 0) is 4.79 Å². The van der Waals surface area contributed by atoms with E-state index < -0.39 is 0 Å². The zero-order valence-electron chi connectivity index (χ0n) is 14.4. The van der Waals surface area contributed by atoms with E-state index in [1.54, 1.807) is 7.11 Å². The van der Waals surface area contributed by atoms with Gasteiger partial charge in [0.2, 0.25) is 5.91 Å². The Morgan fingerprint density at radius 2 is 2.00 bits per heavy atom. The predicted molar refractivity (Wildman–Crippen MR) is 98.1 cm³/mol. The second-order valence-corrected chi connectivity index (χ2v) is 6.41. The summed E-state index contributed by atoms with van der Waals surface area (Å²) in [6.45, 7) is 6.50. The van der Waals surface area contributed by atoms with Crippen LogP contribution in [-0.4, -0.2) is 68.6 Å². The van der Waals surface area contributed by atoms with Crippen molar-refractivity contribution in [2.45, 2.75) is 18.8 Å². The lowest BCUT2D eigenvalue weighted by Crippen LogP contribution is -2.47. The minimum atomic E-state index is 0. The molecule has 5 nitrogen and oxygen atoms in total. The molecule has 3 rings (SSSR count). The fourth-order valence-corrected chi connectivity index (χ4v) is 3.62. The Balaban J connectivity index is 0.00000208. The van der Waals surface area contributed by atoms with Gasteiger partial charge in [-0.3, -0.25) is 4.79 Å². The number of amides is 1. The van der Waals surface area contributed by atoms with Crippen LogP contribution in [0.5, 0.6) is 5.75 Å². The van der Waals surface area contributed by atoms with Gasteiger partial charge in [0.15, 0.2) is 0 Å². The van der Waals surface area contributed by atoms with Gasteiger partial charge < -0.3 is 19.9 Å². The summed E-state index contributed by atoms with van der Waals surface area (Å²) in [5.74, 6) is 1.80. The molecule has 134 valence electrons. The van der Waals surface area contributed by atoms with Gasteiger partial charge >= 0.3 is 0 Å². The highest BCUT2D eigenvalue weighted by molar-refractivity contribution is 5.85. The molecule has 1 aromatic rings. The van der Waals surface area contributed by atoms with Crippen molar-refractivity contribution in [1.29, 1.82) is 0 Å². The molecule has 0 saturated carbocycles. The Hall–Kier alpha value is -1.30. The summed E-state index contributed by atoms with van der Waals surface area (Å²) in [4.78, 5) is 16.7. The normalized spacial score (nSPS) is 21.4. The quantitative estimate of drug-likeness (QED) is 0.875. The van der Waals surface area contributed by atoms with Gasteiger partial charge in [-0.25, -0.2) is 0 Å². The molecule has 1 atom stereocenters. The van der Waals surface area contributed by atoms with E-state index in [-0.39, 0.29) is 12.4 Å². The molecular weight excluding hydrogens is 326 g/mol. The van der Waals surface area contributed by atoms with Crippen LogP contribution in [0.1, 0.15) is 24.3 Å². The largest absolute Gasteiger partial charge is 0.496 e. The number of likely N-dealkylation sites (tertiary alicyclic amines) is 1. The van der Waals surface area contributed by atoms with E-state index in [0.717, 1.165) is 58.0 Å². The summed E-state index contributed by atoms with van der Waals surface area (Å²) in [5, 5.41) is 3.29. The number of halogens is 1. The Labute approximate surface area is 150 Å². The first-order valence-corrected chi connectivity index (χ1v) is 8.61. The van der Waals surface area contributed by atoms with Crippen LogP contribution in [0.2, 0.25) is 0 Å². The highest BCUT2D eigenvalue weighted by Crippen LogP contribution is 2.33. The molecule has 1 unspecified atom stereocenters. The van der Waals surface area contributed by atoms with Crippen LogP contribution in [0, 0.1) is 0 Å². The van der Waals surface area contributed by atoms with Crippen molar-refractivity contribution in [2.75, 3.05) is 52.9 Å². The van der Waals surface area contributed by atoms with Crippen molar-refractivity contribution in [1.82, 2.24) is 15.1 Å². The summed E-state index contributed by atoms with van der Waals surface area (Å²) < 4.78 is 5.49. The Morgan fingerprint density at radius 1 is 1.25 bits per heavy atom. The van der Waals surface area contributed by atoms with Gasteiger partial charge in [0, 0.05) is 51.6 Å². The molecule has 2 heterocycles. The molecule has 0 spiro atoms. The van der Waals surface area contributed by atoms with E-state index in [9.17, 15) is 4.79 Å². The number of carbonyl (C=O) groups is 1. The maximum atomic E-state index is 12.3. The van der Waals surface area contributed by atoms with Gasteiger partial charge in [0.05, 0.1) is 7.11 Å². The highest BCUT2D eigenvalue weighted by Gasteiger charge is 2.26. The van der Waals surface area contributed by atoms with Gasteiger partial charge in [-0.2, -0.15) is 0 Å². The van der Waals surface area contributed by atoms with Crippen molar-refractivity contribution in [3.05, 3.63) is 29.8 Å². The zero-order chi connectivity index (χ0) is 16.1. The minimum absolute atomic E-state index is 0. The molecule has 0 radical (unpaired) electrons. The Kier molecular flexibility index (Phi) is 7.34. The fourth-order valence-electron chi connectivity index (χ4n) is 3.62. The molecule has 6 heteroatoms. The third kappa shape index (κ3) is 4.62. The standard InChI is InChI=1S/C18H27N3O2.ClH/c1-23-17-5-3-2-4-16(17)15-6-10-20(14-15)11-7-18(22)21-12-8-19-9-13-21;/h2-5,15,19H,6-14H2,1H3;1H. The van der Waals surface area contributed by atoms with Crippen molar-refractivity contribution in [3.8, 4) is 5.75 Å². The van der Waals surface area contributed by atoms with Crippen molar-refractivity contribution in [3.63, 3.8) is 0 Å². The molecular formula is C18H28ClN3O2. The average Bonchev–Trinajstić information content (AvgIpc) is 3.09. The van der Waals surface area contributed by atoms with E-state index in [1.165, 1.54) is 5.56 Å². The van der Waals surface area contributed by atoms with Gasteiger partial charge in [-0.15, -0.1) is 12.4 Å². The first-order valence-electron chi connectivity index (χ1n) is 8.61. The maximum absolute atomic E-state index is 12.3. The average molecular weight is 354 g/mol.